The van der Waals surface area contributed by atoms with Gasteiger partial charge in [-0.25, -0.2) is 0 Å². The summed E-state index contributed by atoms with van der Waals surface area (Å²) in [5.74, 6) is 0.821. The lowest BCUT2D eigenvalue weighted by molar-refractivity contribution is 0.588. The molecule has 0 aromatic heterocycles. The lowest BCUT2D eigenvalue weighted by Gasteiger charge is -2.32. The molecule has 2 aliphatic rings. The standard InChI is InChI=1S/C22H20N3OP/c1-24(2)17-12-13-21-20(14-17)25-15-16-8-6-7-11-19(16)22(25)23-27(21,26)18-9-4-3-5-10-18/h3-14H,15H2,1-2H3/t27-/m1/s1. The summed E-state index contributed by atoms with van der Waals surface area (Å²) in [5, 5.41) is 1.59. The Morgan fingerprint density at radius 2 is 1.70 bits per heavy atom. The molecule has 0 fully saturated rings. The predicted molar refractivity (Wildman–Crippen MR) is 113 cm³/mol. The molecular weight excluding hydrogens is 353 g/mol. The maximum Gasteiger partial charge on any atom is 0.251 e. The van der Waals surface area contributed by atoms with Crippen molar-refractivity contribution in [2.45, 2.75) is 6.54 Å². The van der Waals surface area contributed by atoms with Gasteiger partial charge in [-0.05, 0) is 35.9 Å². The maximum atomic E-state index is 14.3. The largest absolute Gasteiger partial charge is 0.378 e. The van der Waals surface area contributed by atoms with Gasteiger partial charge in [0, 0.05) is 30.7 Å². The second kappa shape index (κ2) is 5.83. The Bertz CT molecular complexity index is 1120. The molecule has 0 bridgehead atoms. The average Bonchev–Trinajstić information content (AvgIpc) is 3.07. The minimum Gasteiger partial charge on any atom is -0.378 e. The molecule has 0 N–H and O–H groups in total. The van der Waals surface area contributed by atoms with Crippen molar-refractivity contribution in [3.63, 3.8) is 0 Å². The van der Waals surface area contributed by atoms with Crippen molar-refractivity contribution in [3.05, 3.63) is 83.9 Å². The third kappa shape index (κ3) is 2.37. The van der Waals surface area contributed by atoms with Crippen molar-refractivity contribution >= 4 is 35.1 Å². The zero-order chi connectivity index (χ0) is 18.6. The summed E-state index contributed by atoms with van der Waals surface area (Å²) >= 11 is 0. The topological polar surface area (TPSA) is 35.9 Å². The summed E-state index contributed by atoms with van der Waals surface area (Å²) in [5.41, 5.74) is 4.38. The van der Waals surface area contributed by atoms with Crippen LogP contribution >= 0.6 is 7.29 Å². The van der Waals surface area contributed by atoms with E-state index in [4.69, 9.17) is 4.76 Å². The summed E-state index contributed by atoms with van der Waals surface area (Å²) in [7, 11) is 0.942. The van der Waals surface area contributed by atoms with Crippen LogP contribution in [0.3, 0.4) is 0 Å². The number of fused-ring (bicyclic) bond motifs is 5. The van der Waals surface area contributed by atoms with E-state index in [0.29, 0.717) is 0 Å². The van der Waals surface area contributed by atoms with E-state index >= 15 is 0 Å². The highest BCUT2D eigenvalue weighted by Crippen LogP contribution is 2.53. The van der Waals surface area contributed by atoms with Crippen molar-refractivity contribution in [2.24, 2.45) is 4.76 Å². The van der Waals surface area contributed by atoms with Crippen LogP contribution in [0.25, 0.3) is 0 Å². The van der Waals surface area contributed by atoms with Gasteiger partial charge in [0.2, 0.25) is 0 Å². The quantitative estimate of drug-likeness (QED) is 0.642. The number of hydrogen-bond donors (Lipinski definition) is 0. The third-order valence-corrected chi connectivity index (χ3v) is 7.78. The first-order valence-electron chi connectivity index (χ1n) is 9.01. The van der Waals surface area contributed by atoms with E-state index in [0.717, 1.165) is 39.9 Å². The van der Waals surface area contributed by atoms with Crippen LogP contribution in [0.15, 0.2) is 77.6 Å². The molecule has 0 radical (unpaired) electrons. The lowest BCUT2D eigenvalue weighted by atomic mass is 10.1. The highest BCUT2D eigenvalue weighted by atomic mass is 31.2. The van der Waals surface area contributed by atoms with Crippen molar-refractivity contribution < 1.29 is 4.57 Å². The van der Waals surface area contributed by atoms with Gasteiger partial charge in [0.1, 0.15) is 5.84 Å². The molecule has 5 heteroatoms. The molecule has 0 spiro atoms. The average molecular weight is 373 g/mol. The second-order valence-electron chi connectivity index (χ2n) is 7.15. The summed E-state index contributed by atoms with van der Waals surface area (Å²) in [6, 6.07) is 24.1. The molecule has 0 saturated heterocycles. The Hall–Kier alpha value is -2.84. The second-order valence-corrected chi connectivity index (χ2v) is 9.50. The van der Waals surface area contributed by atoms with Crippen LogP contribution in [0.1, 0.15) is 11.1 Å². The summed E-state index contributed by atoms with van der Waals surface area (Å²) in [6.45, 7) is 0.758. The molecule has 0 unspecified atom stereocenters. The van der Waals surface area contributed by atoms with E-state index in [1.807, 2.05) is 68.7 Å². The predicted octanol–water partition coefficient (Wildman–Crippen LogP) is 3.76. The molecule has 0 amide bonds. The molecule has 4 nitrogen and oxygen atoms in total. The smallest absolute Gasteiger partial charge is 0.251 e. The van der Waals surface area contributed by atoms with Gasteiger partial charge < -0.3 is 9.80 Å². The fraction of sp³-hybridized carbons (Fsp3) is 0.136. The Balaban J connectivity index is 1.81. The van der Waals surface area contributed by atoms with E-state index < -0.39 is 7.29 Å². The minimum atomic E-state index is -3.10. The van der Waals surface area contributed by atoms with Crippen LogP contribution in [0.2, 0.25) is 0 Å². The van der Waals surface area contributed by atoms with Crippen LogP contribution in [-0.2, 0) is 11.1 Å². The number of benzene rings is 3. The van der Waals surface area contributed by atoms with Crippen molar-refractivity contribution in [3.8, 4) is 0 Å². The first-order valence-corrected chi connectivity index (χ1v) is 10.7. The molecular formula is C22H20N3OP. The first kappa shape index (κ1) is 16.3. The van der Waals surface area contributed by atoms with E-state index in [-0.39, 0.29) is 0 Å². The molecule has 2 heterocycles. The van der Waals surface area contributed by atoms with Gasteiger partial charge in [0.25, 0.3) is 7.29 Å². The minimum absolute atomic E-state index is 0.758. The fourth-order valence-corrected chi connectivity index (χ4v) is 6.18. The highest BCUT2D eigenvalue weighted by molar-refractivity contribution is 7.78. The first-order chi connectivity index (χ1) is 13.1. The molecule has 134 valence electrons. The van der Waals surface area contributed by atoms with Crippen molar-refractivity contribution in [2.75, 3.05) is 23.9 Å². The van der Waals surface area contributed by atoms with Crippen LogP contribution in [-0.4, -0.2) is 19.9 Å². The van der Waals surface area contributed by atoms with Crippen LogP contribution in [0.4, 0.5) is 11.4 Å². The van der Waals surface area contributed by atoms with Crippen LogP contribution in [0, 0.1) is 0 Å². The van der Waals surface area contributed by atoms with E-state index in [1.54, 1.807) is 0 Å². The van der Waals surface area contributed by atoms with E-state index in [9.17, 15) is 4.57 Å². The summed E-state index contributed by atoms with van der Waals surface area (Å²) in [6.07, 6.45) is 0. The Morgan fingerprint density at radius 3 is 2.48 bits per heavy atom. The molecule has 2 aliphatic heterocycles. The number of anilines is 2. The zero-order valence-corrected chi connectivity index (χ0v) is 16.2. The summed E-state index contributed by atoms with van der Waals surface area (Å²) < 4.78 is 19.2. The molecule has 3 aromatic carbocycles. The molecule has 5 rings (SSSR count). The zero-order valence-electron chi connectivity index (χ0n) is 15.3. The summed E-state index contributed by atoms with van der Waals surface area (Å²) in [4.78, 5) is 4.27. The molecule has 27 heavy (non-hydrogen) atoms. The lowest BCUT2D eigenvalue weighted by Crippen LogP contribution is -2.35. The van der Waals surface area contributed by atoms with Gasteiger partial charge in [-0.3, -0.25) is 4.57 Å². The Kier molecular flexibility index (Phi) is 3.53. The van der Waals surface area contributed by atoms with Crippen molar-refractivity contribution in [1.29, 1.82) is 0 Å². The SMILES string of the molecule is CN(C)c1ccc2c(c1)N1Cc3ccccc3C1=N[P@@]2(=O)c1ccccc1. The number of hydrogen-bond acceptors (Lipinski definition) is 3. The van der Waals surface area contributed by atoms with Crippen LogP contribution < -0.4 is 20.4 Å². The van der Waals surface area contributed by atoms with Crippen molar-refractivity contribution in [1.82, 2.24) is 0 Å². The van der Waals surface area contributed by atoms with Gasteiger partial charge in [-0.2, -0.15) is 4.76 Å². The Morgan fingerprint density at radius 1 is 0.963 bits per heavy atom. The number of nitrogens with zero attached hydrogens (tertiary/aromatic N) is 3. The molecule has 3 aromatic rings. The van der Waals surface area contributed by atoms with Gasteiger partial charge >= 0.3 is 0 Å². The molecule has 0 saturated carbocycles. The van der Waals surface area contributed by atoms with Gasteiger partial charge in [0.05, 0.1) is 17.5 Å². The van der Waals surface area contributed by atoms with E-state index in [2.05, 4.69) is 28.0 Å². The Labute approximate surface area is 159 Å². The third-order valence-electron chi connectivity index (χ3n) is 5.28. The fourth-order valence-electron chi connectivity index (χ4n) is 3.85. The van der Waals surface area contributed by atoms with E-state index in [1.165, 1.54) is 5.56 Å². The number of amidine groups is 1. The molecule has 0 aliphatic carbocycles. The normalized spacial score (nSPS) is 19.8. The highest BCUT2D eigenvalue weighted by Gasteiger charge is 2.40. The maximum absolute atomic E-state index is 14.3. The van der Waals surface area contributed by atoms with Gasteiger partial charge in [-0.15, -0.1) is 0 Å². The number of rotatable bonds is 2. The van der Waals surface area contributed by atoms with Crippen LogP contribution in [0.5, 0.6) is 0 Å². The molecule has 1 atom stereocenters. The monoisotopic (exact) mass is 373 g/mol. The van der Waals surface area contributed by atoms with Gasteiger partial charge in [-0.1, -0.05) is 42.5 Å². The van der Waals surface area contributed by atoms with Gasteiger partial charge in [0.15, 0.2) is 0 Å².